The van der Waals surface area contributed by atoms with E-state index >= 15 is 0 Å². The Kier molecular flexibility index (Phi) is 3.69. The summed E-state index contributed by atoms with van der Waals surface area (Å²) in [5.41, 5.74) is 2.43. The lowest BCUT2D eigenvalue weighted by molar-refractivity contribution is 0.0697. The van der Waals surface area contributed by atoms with Gasteiger partial charge in [-0.05, 0) is 48.8 Å². The number of nitrogens with zero attached hydrogens (tertiary/aromatic N) is 1. The Bertz CT molecular complexity index is 623. The first kappa shape index (κ1) is 13.1. The van der Waals surface area contributed by atoms with Crippen molar-refractivity contribution in [1.82, 2.24) is 4.98 Å². The minimum absolute atomic E-state index is 0.289. The second-order valence-electron chi connectivity index (χ2n) is 4.91. The molecular formula is C15H16N2O2S. The molecule has 104 valence electrons. The zero-order valence-corrected chi connectivity index (χ0v) is 11.9. The molecule has 0 fully saturated rings. The molecular weight excluding hydrogens is 272 g/mol. The highest BCUT2D eigenvalue weighted by molar-refractivity contribution is 7.09. The first-order chi connectivity index (χ1) is 9.74. The quantitative estimate of drug-likeness (QED) is 0.888. The summed E-state index contributed by atoms with van der Waals surface area (Å²) >= 11 is 1.71. The number of rotatable bonds is 5. The van der Waals surface area contributed by atoms with Crippen molar-refractivity contribution in [2.45, 2.75) is 25.7 Å². The largest absolute Gasteiger partial charge is 0.478 e. The Morgan fingerprint density at radius 2 is 2.35 bits per heavy atom. The van der Waals surface area contributed by atoms with Crippen molar-refractivity contribution in [3.8, 4) is 0 Å². The van der Waals surface area contributed by atoms with Crippen LogP contribution in [-0.2, 0) is 19.3 Å². The standard InChI is InChI=1S/C15H16N2O2S/c18-15(19)12-9-10-3-1-5-13(10)17-14(12)16-7-6-11-4-2-8-20-11/h2,4,8-9H,1,3,5-7H2,(H,16,17)(H,18,19). The fourth-order valence-corrected chi connectivity index (χ4v) is 3.24. The number of carboxylic acids is 1. The fraction of sp³-hybridized carbons (Fsp3) is 0.333. The number of aryl methyl sites for hydroxylation is 2. The molecule has 1 aliphatic carbocycles. The van der Waals surface area contributed by atoms with Gasteiger partial charge in [0.25, 0.3) is 0 Å². The lowest BCUT2D eigenvalue weighted by Crippen LogP contribution is -2.12. The molecule has 0 saturated heterocycles. The number of fused-ring (bicyclic) bond motifs is 1. The topological polar surface area (TPSA) is 62.2 Å². The van der Waals surface area contributed by atoms with Crippen LogP contribution in [0, 0.1) is 0 Å². The van der Waals surface area contributed by atoms with Gasteiger partial charge in [0.15, 0.2) is 0 Å². The SMILES string of the molecule is O=C(O)c1cc2c(nc1NCCc1cccs1)CCC2. The Morgan fingerprint density at radius 3 is 3.10 bits per heavy atom. The maximum absolute atomic E-state index is 11.3. The van der Waals surface area contributed by atoms with Gasteiger partial charge in [-0.3, -0.25) is 0 Å². The van der Waals surface area contributed by atoms with E-state index in [2.05, 4.69) is 16.4 Å². The van der Waals surface area contributed by atoms with E-state index in [9.17, 15) is 9.90 Å². The van der Waals surface area contributed by atoms with E-state index in [0.29, 0.717) is 12.4 Å². The predicted molar refractivity (Wildman–Crippen MR) is 79.7 cm³/mol. The Balaban J connectivity index is 1.75. The van der Waals surface area contributed by atoms with E-state index in [1.807, 2.05) is 11.4 Å². The van der Waals surface area contributed by atoms with E-state index in [0.717, 1.165) is 36.9 Å². The van der Waals surface area contributed by atoms with Gasteiger partial charge in [0, 0.05) is 17.1 Å². The van der Waals surface area contributed by atoms with Crippen LogP contribution in [-0.4, -0.2) is 22.6 Å². The highest BCUT2D eigenvalue weighted by atomic mass is 32.1. The Morgan fingerprint density at radius 1 is 1.45 bits per heavy atom. The van der Waals surface area contributed by atoms with Crippen molar-refractivity contribution < 1.29 is 9.90 Å². The van der Waals surface area contributed by atoms with Crippen molar-refractivity contribution in [3.05, 3.63) is 45.3 Å². The van der Waals surface area contributed by atoms with Crippen molar-refractivity contribution in [2.24, 2.45) is 0 Å². The van der Waals surface area contributed by atoms with E-state index < -0.39 is 5.97 Å². The Labute approximate surface area is 121 Å². The number of carbonyl (C=O) groups is 1. The molecule has 2 N–H and O–H groups in total. The van der Waals surface area contributed by atoms with Gasteiger partial charge in [0.1, 0.15) is 11.4 Å². The molecule has 0 amide bonds. The summed E-state index contributed by atoms with van der Waals surface area (Å²) in [7, 11) is 0. The predicted octanol–water partition coefficient (Wildman–Crippen LogP) is 2.98. The second kappa shape index (κ2) is 5.63. The van der Waals surface area contributed by atoms with Crippen LogP contribution in [0.1, 0.15) is 32.9 Å². The number of pyridine rings is 1. The van der Waals surface area contributed by atoms with Gasteiger partial charge >= 0.3 is 5.97 Å². The first-order valence-electron chi connectivity index (χ1n) is 6.76. The van der Waals surface area contributed by atoms with Gasteiger partial charge in [-0.15, -0.1) is 11.3 Å². The number of hydrogen-bond acceptors (Lipinski definition) is 4. The van der Waals surface area contributed by atoms with Crippen LogP contribution in [0.25, 0.3) is 0 Å². The molecule has 0 saturated carbocycles. The van der Waals surface area contributed by atoms with Crippen LogP contribution in [0.4, 0.5) is 5.82 Å². The van der Waals surface area contributed by atoms with Gasteiger partial charge in [-0.1, -0.05) is 6.07 Å². The first-order valence-corrected chi connectivity index (χ1v) is 7.64. The molecule has 0 aliphatic heterocycles. The monoisotopic (exact) mass is 288 g/mol. The summed E-state index contributed by atoms with van der Waals surface area (Å²) in [4.78, 5) is 17.1. The van der Waals surface area contributed by atoms with Gasteiger partial charge < -0.3 is 10.4 Å². The number of anilines is 1. The molecule has 2 aromatic heterocycles. The van der Waals surface area contributed by atoms with Gasteiger partial charge in [-0.25, -0.2) is 9.78 Å². The molecule has 5 heteroatoms. The van der Waals surface area contributed by atoms with Crippen LogP contribution in [0.5, 0.6) is 0 Å². The van der Waals surface area contributed by atoms with Crippen LogP contribution < -0.4 is 5.32 Å². The van der Waals surface area contributed by atoms with E-state index in [-0.39, 0.29) is 5.56 Å². The third-order valence-electron chi connectivity index (χ3n) is 3.53. The highest BCUT2D eigenvalue weighted by Crippen LogP contribution is 2.25. The van der Waals surface area contributed by atoms with Crippen molar-refractivity contribution in [2.75, 3.05) is 11.9 Å². The molecule has 1 aliphatic rings. The van der Waals surface area contributed by atoms with Crippen LogP contribution in [0.15, 0.2) is 23.6 Å². The van der Waals surface area contributed by atoms with Crippen LogP contribution >= 0.6 is 11.3 Å². The van der Waals surface area contributed by atoms with Gasteiger partial charge in [0.05, 0.1) is 0 Å². The molecule has 0 radical (unpaired) electrons. The molecule has 0 spiro atoms. The molecule has 0 bridgehead atoms. The highest BCUT2D eigenvalue weighted by Gasteiger charge is 2.19. The molecule has 2 heterocycles. The summed E-state index contributed by atoms with van der Waals surface area (Å²) in [5, 5.41) is 14.5. The molecule has 0 aromatic carbocycles. The van der Waals surface area contributed by atoms with E-state index in [1.54, 1.807) is 17.4 Å². The van der Waals surface area contributed by atoms with Crippen LogP contribution in [0.2, 0.25) is 0 Å². The number of aromatic carboxylic acids is 1. The summed E-state index contributed by atoms with van der Waals surface area (Å²) in [5.74, 6) is -0.402. The van der Waals surface area contributed by atoms with Crippen LogP contribution in [0.3, 0.4) is 0 Å². The zero-order valence-electron chi connectivity index (χ0n) is 11.1. The maximum Gasteiger partial charge on any atom is 0.339 e. The summed E-state index contributed by atoms with van der Waals surface area (Å²) in [6, 6.07) is 5.89. The summed E-state index contributed by atoms with van der Waals surface area (Å²) in [6.45, 7) is 0.701. The average Bonchev–Trinajstić information content (AvgIpc) is 3.07. The number of hydrogen-bond donors (Lipinski definition) is 2. The third kappa shape index (κ3) is 2.67. The van der Waals surface area contributed by atoms with Gasteiger partial charge in [0.2, 0.25) is 0 Å². The number of nitrogens with one attached hydrogen (secondary N) is 1. The normalized spacial score (nSPS) is 13.2. The number of thiophene rings is 1. The van der Waals surface area contributed by atoms with Crippen molar-refractivity contribution >= 4 is 23.1 Å². The van der Waals surface area contributed by atoms with E-state index in [1.165, 1.54) is 4.88 Å². The summed E-state index contributed by atoms with van der Waals surface area (Å²) in [6.07, 6.45) is 3.85. The molecule has 0 unspecified atom stereocenters. The van der Waals surface area contributed by atoms with Crippen molar-refractivity contribution in [3.63, 3.8) is 0 Å². The van der Waals surface area contributed by atoms with E-state index in [4.69, 9.17) is 0 Å². The molecule has 20 heavy (non-hydrogen) atoms. The minimum atomic E-state index is -0.911. The lowest BCUT2D eigenvalue weighted by Gasteiger charge is -2.10. The fourth-order valence-electron chi connectivity index (χ4n) is 2.53. The average molecular weight is 288 g/mol. The molecule has 2 aromatic rings. The minimum Gasteiger partial charge on any atom is -0.478 e. The smallest absolute Gasteiger partial charge is 0.339 e. The number of carboxylic acid groups (broad SMARTS) is 1. The second-order valence-corrected chi connectivity index (χ2v) is 5.94. The Hall–Kier alpha value is -1.88. The third-order valence-corrected chi connectivity index (χ3v) is 4.46. The van der Waals surface area contributed by atoms with Crippen molar-refractivity contribution in [1.29, 1.82) is 0 Å². The maximum atomic E-state index is 11.3. The summed E-state index contributed by atoms with van der Waals surface area (Å²) < 4.78 is 0. The van der Waals surface area contributed by atoms with Gasteiger partial charge in [-0.2, -0.15) is 0 Å². The molecule has 4 nitrogen and oxygen atoms in total. The lowest BCUT2D eigenvalue weighted by atomic mass is 10.1. The number of aromatic nitrogens is 1. The molecule has 3 rings (SSSR count). The zero-order chi connectivity index (χ0) is 13.9. The molecule has 0 atom stereocenters.